The number of rotatable bonds is 7. The molecule has 3 nitrogen and oxygen atoms in total. The molecule has 2 N–H and O–H groups in total. The summed E-state index contributed by atoms with van der Waals surface area (Å²) in [6.45, 7) is 2.62. The number of aryl methyl sites for hydroxylation is 1. The number of ether oxygens (including phenoxy) is 2. The molecule has 2 rings (SSSR count). The SMILES string of the molecule is CCCc1ccc(OCC(N)c2cccc(OC)c2)cc1. The van der Waals surface area contributed by atoms with Crippen molar-refractivity contribution in [2.45, 2.75) is 25.8 Å². The van der Waals surface area contributed by atoms with Crippen LogP contribution in [-0.2, 0) is 6.42 Å². The quantitative estimate of drug-likeness (QED) is 0.843. The second-order valence-corrected chi connectivity index (χ2v) is 5.09. The van der Waals surface area contributed by atoms with E-state index in [0.29, 0.717) is 6.61 Å². The van der Waals surface area contributed by atoms with E-state index in [1.165, 1.54) is 5.56 Å². The van der Waals surface area contributed by atoms with Crippen molar-refractivity contribution in [1.82, 2.24) is 0 Å². The van der Waals surface area contributed by atoms with Gasteiger partial charge in [0.1, 0.15) is 18.1 Å². The third kappa shape index (κ3) is 4.50. The molecular weight excluding hydrogens is 262 g/mol. The molecule has 1 atom stereocenters. The summed E-state index contributed by atoms with van der Waals surface area (Å²) in [6.07, 6.45) is 2.25. The highest BCUT2D eigenvalue weighted by atomic mass is 16.5. The van der Waals surface area contributed by atoms with Crippen molar-refractivity contribution >= 4 is 0 Å². The standard InChI is InChI=1S/C18H23NO2/c1-3-5-14-8-10-16(11-9-14)21-13-18(19)15-6-4-7-17(12-15)20-2/h4,6-12,18H,3,5,13,19H2,1-2H3. The Hall–Kier alpha value is -2.00. The van der Waals surface area contributed by atoms with Crippen molar-refractivity contribution in [1.29, 1.82) is 0 Å². The van der Waals surface area contributed by atoms with Gasteiger partial charge in [0, 0.05) is 0 Å². The Morgan fingerprint density at radius 2 is 1.81 bits per heavy atom. The molecule has 0 saturated heterocycles. The summed E-state index contributed by atoms with van der Waals surface area (Å²) in [5.41, 5.74) is 8.51. The van der Waals surface area contributed by atoms with E-state index in [9.17, 15) is 0 Å². The van der Waals surface area contributed by atoms with Crippen molar-refractivity contribution < 1.29 is 9.47 Å². The lowest BCUT2D eigenvalue weighted by Crippen LogP contribution is -2.19. The predicted molar refractivity (Wildman–Crippen MR) is 85.9 cm³/mol. The molecule has 0 aliphatic rings. The Labute approximate surface area is 126 Å². The molecule has 3 heteroatoms. The Kier molecular flexibility index (Phi) is 5.64. The topological polar surface area (TPSA) is 44.5 Å². The van der Waals surface area contributed by atoms with Crippen LogP contribution < -0.4 is 15.2 Å². The summed E-state index contributed by atoms with van der Waals surface area (Å²) >= 11 is 0. The molecule has 1 unspecified atom stereocenters. The van der Waals surface area contributed by atoms with Gasteiger partial charge in [0.05, 0.1) is 13.2 Å². The summed E-state index contributed by atoms with van der Waals surface area (Å²) in [5, 5.41) is 0. The van der Waals surface area contributed by atoms with Gasteiger partial charge in [-0.3, -0.25) is 0 Å². The van der Waals surface area contributed by atoms with Crippen LogP contribution in [0.5, 0.6) is 11.5 Å². The van der Waals surface area contributed by atoms with Gasteiger partial charge in [-0.25, -0.2) is 0 Å². The first-order valence-electron chi connectivity index (χ1n) is 7.34. The molecule has 0 spiro atoms. The van der Waals surface area contributed by atoms with E-state index in [1.54, 1.807) is 7.11 Å². The molecule has 0 radical (unpaired) electrons. The summed E-state index contributed by atoms with van der Waals surface area (Å²) < 4.78 is 11.0. The van der Waals surface area contributed by atoms with Gasteiger partial charge < -0.3 is 15.2 Å². The van der Waals surface area contributed by atoms with Crippen LogP contribution >= 0.6 is 0 Å². The minimum absolute atomic E-state index is 0.171. The van der Waals surface area contributed by atoms with Gasteiger partial charge in [0.25, 0.3) is 0 Å². The molecular formula is C18H23NO2. The zero-order chi connectivity index (χ0) is 15.1. The highest BCUT2D eigenvalue weighted by Crippen LogP contribution is 2.19. The van der Waals surface area contributed by atoms with E-state index in [4.69, 9.17) is 15.2 Å². The highest BCUT2D eigenvalue weighted by molar-refractivity contribution is 5.31. The first kappa shape index (κ1) is 15.4. The minimum Gasteiger partial charge on any atom is -0.497 e. The number of benzene rings is 2. The van der Waals surface area contributed by atoms with E-state index >= 15 is 0 Å². The van der Waals surface area contributed by atoms with Crippen LogP contribution in [0, 0.1) is 0 Å². The summed E-state index contributed by atoms with van der Waals surface area (Å²) in [5.74, 6) is 1.67. The van der Waals surface area contributed by atoms with Crippen molar-refractivity contribution in [3.8, 4) is 11.5 Å². The van der Waals surface area contributed by atoms with Crippen molar-refractivity contribution in [3.63, 3.8) is 0 Å². The lowest BCUT2D eigenvalue weighted by atomic mass is 10.1. The monoisotopic (exact) mass is 285 g/mol. The lowest BCUT2D eigenvalue weighted by Gasteiger charge is -2.14. The smallest absolute Gasteiger partial charge is 0.119 e. The maximum atomic E-state index is 6.16. The van der Waals surface area contributed by atoms with Gasteiger partial charge >= 0.3 is 0 Å². The second-order valence-electron chi connectivity index (χ2n) is 5.09. The number of hydrogen-bond acceptors (Lipinski definition) is 3. The first-order chi connectivity index (χ1) is 10.2. The summed E-state index contributed by atoms with van der Waals surface area (Å²) in [6, 6.07) is 15.8. The van der Waals surface area contributed by atoms with Gasteiger partial charge in [-0.2, -0.15) is 0 Å². The van der Waals surface area contributed by atoms with Gasteiger partial charge in [-0.1, -0.05) is 37.6 Å². The zero-order valence-corrected chi connectivity index (χ0v) is 12.7. The van der Waals surface area contributed by atoms with Gasteiger partial charge in [0.15, 0.2) is 0 Å². The van der Waals surface area contributed by atoms with E-state index in [2.05, 4.69) is 19.1 Å². The van der Waals surface area contributed by atoms with Crippen LogP contribution in [0.15, 0.2) is 48.5 Å². The number of hydrogen-bond donors (Lipinski definition) is 1. The Bertz CT molecular complexity index is 551. The van der Waals surface area contributed by atoms with Gasteiger partial charge in [-0.05, 0) is 41.8 Å². The predicted octanol–water partition coefficient (Wildman–Crippen LogP) is 3.73. The van der Waals surface area contributed by atoms with Crippen molar-refractivity contribution in [2.75, 3.05) is 13.7 Å². The maximum absolute atomic E-state index is 6.16. The molecule has 21 heavy (non-hydrogen) atoms. The number of methoxy groups -OCH3 is 1. The molecule has 0 heterocycles. The van der Waals surface area contributed by atoms with Crippen molar-refractivity contribution in [2.24, 2.45) is 5.73 Å². The molecule has 0 saturated carbocycles. The van der Waals surface area contributed by atoms with Crippen LogP contribution in [-0.4, -0.2) is 13.7 Å². The van der Waals surface area contributed by atoms with E-state index in [-0.39, 0.29) is 6.04 Å². The van der Waals surface area contributed by atoms with E-state index in [0.717, 1.165) is 29.9 Å². The van der Waals surface area contributed by atoms with Crippen LogP contribution in [0.4, 0.5) is 0 Å². The molecule has 0 fully saturated rings. The average molecular weight is 285 g/mol. The molecule has 112 valence electrons. The molecule has 0 aliphatic heterocycles. The molecule has 2 aromatic carbocycles. The second kappa shape index (κ2) is 7.70. The molecule has 0 aliphatic carbocycles. The average Bonchev–Trinajstić information content (AvgIpc) is 2.54. The fourth-order valence-electron chi connectivity index (χ4n) is 2.20. The molecule has 0 amide bonds. The van der Waals surface area contributed by atoms with E-state index < -0.39 is 0 Å². The molecule has 0 bridgehead atoms. The minimum atomic E-state index is -0.171. The highest BCUT2D eigenvalue weighted by Gasteiger charge is 2.08. The van der Waals surface area contributed by atoms with Crippen molar-refractivity contribution in [3.05, 3.63) is 59.7 Å². The van der Waals surface area contributed by atoms with Gasteiger partial charge in [-0.15, -0.1) is 0 Å². The normalized spacial score (nSPS) is 12.0. The fourth-order valence-corrected chi connectivity index (χ4v) is 2.20. The number of nitrogens with two attached hydrogens (primary N) is 1. The Morgan fingerprint density at radius 3 is 2.48 bits per heavy atom. The Balaban J connectivity index is 1.92. The van der Waals surface area contributed by atoms with Gasteiger partial charge in [0.2, 0.25) is 0 Å². The first-order valence-corrected chi connectivity index (χ1v) is 7.34. The van der Waals surface area contributed by atoms with Crippen LogP contribution in [0.1, 0.15) is 30.5 Å². The maximum Gasteiger partial charge on any atom is 0.119 e. The fraction of sp³-hybridized carbons (Fsp3) is 0.333. The van der Waals surface area contributed by atoms with Crippen LogP contribution in [0.3, 0.4) is 0 Å². The van der Waals surface area contributed by atoms with Crippen LogP contribution in [0.25, 0.3) is 0 Å². The summed E-state index contributed by atoms with van der Waals surface area (Å²) in [4.78, 5) is 0. The zero-order valence-electron chi connectivity index (χ0n) is 12.7. The molecule has 0 aromatic heterocycles. The summed E-state index contributed by atoms with van der Waals surface area (Å²) in [7, 11) is 1.65. The Morgan fingerprint density at radius 1 is 1.05 bits per heavy atom. The third-order valence-electron chi connectivity index (χ3n) is 3.41. The largest absolute Gasteiger partial charge is 0.497 e. The lowest BCUT2D eigenvalue weighted by molar-refractivity contribution is 0.290. The third-order valence-corrected chi connectivity index (χ3v) is 3.41. The van der Waals surface area contributed by atoms with E-state index in [1.807, 2.05) is 36.4 Å². The molecule has 2 aromatic rings. The van der Waals surface area contributed by atoms with Crippen LogP contribution in [0.2, 0.25) is 0 Å².